The van der Waals surface area contributed by atoms with E-state index in [1.165, 1.54) is 4.90 Å². The van der Waals surface area contributed by atoms with Gasteiger partial charge in [-0.2, -0.15) is 0 Å². The highest BCUT2D eigenvalue weighted by atomic mass is 32.2. The molecular weight excluding hydrogens is 378 g/mol. The summed E-state index contributed by atoms with van der Waals surface area (Å²) in [5.41, 5.74) is 6.18. The first-order valence-electron chi connectivity index (χ1n) is 10.4. The molecule has 28 heavy (non-hydrogen) atoms. The molecule has 3 aliphatic heterocycles. The van der Waals surface area contributed by atoms with Gasteiger partial charge in [-0.05, 0) is 45.6 Å². The van der Waals surface area contributed by atoms with E-state index in [1.807, 2.05) is 6.92 Å². The molecule has 3 fully saturated rings. The molecule has 4 N–H and O–H groups in total. The minimum Gasteiger partial charge on any atom is -0.477 e. The number of hydrogen-bond donors (Lipinski definition) is 3. The second-order valence-electron chi connectivity index (χ2n) is 8.86. The van der Waals surface area contributed by atoms with E-state index in [2.05, 4.69) is 4.90 Å². The second kappa shape index (κ2) is 7.63. The summed E-state index contributed by atoms with van der Waals surface area (Å²) in [6.07, 6.45) is 4.76. The number of rotatable bonds is 5. The highest BCUT2D eigenvalue weighted by molar-refractivity contribution is 8.03. The Morgan fingerprint density at radius 2 is 1.93 bits per heavy atom. The van der Waals surface area contributed by atoms with E-state index >= 15 is 0 Å². The van der Waals surface area contributed by atoms with Crippen LogP contribution < -0.4 is 5.73 Å². The number of β-lactam (4-membered cyclic amide) rings is 1. The maximum absolute atomic E-state index is 12.5. The fourth-order valence-corrected chi connectivity index (χ4v) is 7.01. The third kappa shape index (κ3) is 3.28. The molecule has 8 heteroatoms. The van der Waals surface area contributed by atoms with Gasteiger partial charge in [0.15, 0.2) is 0 Å². The van der Waals surface area contributed by atoms with Crippen LogP contribution in [0.2, 0.25) is 0 Å². The first-order chi connectivity index (χ1) is 13.3. The zero-order valence-electron chi connectivity index (χ0n) is 16.6. The van der Waals surface area contributed by atoms with E-state index < -0.39 is 18.0 Å². The average Bonchev–Trinajstić information content (AvgIpc) is 3.18. The third-order valence-electron chi connectivity index (χ3n) is 7.04. The molecule has 0 radical (unpaired) electrons. The molecule has 0 aromatic rings. The van der Waals surface area contributed by atoms with Crippen molar-refractivity contribution < 1.29 is 19.8 Å². The van der Waals surface area contributed by atoms with E-state index in [0.29, 0.717) is 17.3 Å². The maximum atomic E-state index is 12.5. The molecule has 4 rings (SSSR count). The number of carboxylic acid groups (broad SMARTS) is 1. The largest absolute Gasteiger partial charge is 0.477 e. The average molecular weight is 410 g/mol. The van der Waals surface area contributed by atoms with E-state index in [9.17, 15) is 19.8 Å². The van der Waals surface area contributed by atoms with Crippen LogP contribution in [-0.2, 0) is 9.59 Å². The number of thioether (sulfide) groups is 1. The summed E-state index contributed by atoms with van der Waals surface area (Å²) in [6, 6.07) is 0.717. The lowest BCUT2D eigenvalue weighted by atomic mass is 9.79. The summed E-state index contributed by atoms with van der Waals surface area (Å²) in [5.74, 6) is -1.83. The van der Waals surface area contributed by atoms with Gasteiger partial charge in [0.05, 0.1) is 18.1 Å². The molecule has 5 atom stereocenters. The first kappa shape index (κ1) is 20.2. The number of carboxylic acids is 1. The van der Waals surface area contributed by atoms with Gasteiger partial charge in [-0.15, -0.1) is 11.8 Å². The molecule has 1 saturated carbocycles. The molecule has 0 spiro atoms. The van der Waals surface area contributed by atoms with Crippen LogP contribution >= 0.6 is 11.8 Å². The number of aliphatic hydroxyl groups is 1. The van der Waals surface area contributed by atoms with Gasteiger partial charge in [0.1, 0.15) is 5.70 Å². The number of carbonyl (C=O) groups excluding carboxylic acids is 1. The van der Waals surface area contributed by atoms with Crippen molar-refractivity contribution in [2.24, 2.45) is 17.6 Å². The highest BCUT2D eigenvalue weighted by Crippen LogP contribution is 2.52. The number of aliphatic hydroxyl groups excluding tert-OH is 1. The summed E-state index contributed by atoms with van der Waals surface area (Å²) in [7, 11) is 0. The van der Waals surface area contributed by atoms with Crippen molar-refractivity contribution in [1.29, 1.82) is 0 Å². The van der Waals surface area contributed by atoms with Gasteiger partial charge >= 0.3 is 5.97 Å². The summed E-state index contributed by atoms with van der Waals surface area (Å²) >= 11 is 1.65. The van der Waals surface area contributed by atoms with Crippen molar-refractivity contribution in [3.63, 3.8) is 0 Å². The van der Waals surface area contributed by atoms with Crippen LogP contribution in [0.25, 0.3) is 0 Å². The van der Waals surface area contributed by atoms with Crippen LogP contribution in [0.15, 0.2) is 10.6 Å². The molecule has 0 unspecified atom stereocenters. The first-order valence-corrected chi connectivity index (χ1v) is 11.3. The van der Waals surface area contributed by atoms with Gasteiger partial charge in [-0.3, -0.25) is 9.69 Å². The summed E-state index contributed by atoms with van der Waals surface area (Å²) in [6.45, 7) is 5.62. The van der Waals surface area contributed by atoms with Crippen LogP contribution in [0.3, 0.4) is 0 Å². The van der Waals surface area contributed by atoms with Gasteiger partial charge in [0, 0.05) is 34.7 Å². The third-order valence-corrected chi connectivity index (χ3v) is 8.58. The molecule has 4 aliphatic rings. The number of nitrogens with two attached hydrogens (primary N) is 1. The number of nitrogens with zero attached hydrogens (tertiary/aromatic N) is 2. The van der Waals surface area contributed by atoms with Crippen molar-refractivity contribution in [3.05, 3.63) is 10.6 Å². The molecule has 0 bridgehead atoms. The van der Waals surface area contributed by atoms with Crippen molar-refractivity contribution in [3.8, 4) is 0 Å². The number of hydrogen-bond acceptors (Lipinski definition) is 6. The summed E-state index contributed by atoms with van der Waals surface area (Å²) in [5, 5.41) is 20.1. The standard InChI is InChI=1S/C20H31N3O4S/c1-10-16-15(11(2)24)19(25)23(16)17(20(26)27)18(10)28-14-7-8-22(9-14)13-5-3-12(21)4-6-13/h10-16,24H,3-9,21H2,1-2H3,(H,26,27)/t10-,11-,12?,13?,14-,15-,16-/m1/s1. The molecule has 3 heterocycles. The number of carbonyl (C=O) groups is 2. The fourth-order valence-electron chi connectivity index (χ4n) is 5.51. The minimum absolute atomic E-state index is 0.0462. The lowest BCUT2D eigenvalue weighted by Gasteiger charge is -2.46. The van der Waals surface area contributed by atoms with Crippen LogP contribution in [0, 0.1) is 11.8 Å². The Hall–Kier alpha value is -1.09. The number of aliphatic carboxylic acids is 1. The molecular formula is C20H31N3O4S. The molecule has 0 aromatic carbocycles. The number of likely N-dealkylation sites (tertiary alicyclic amines) is 1. The topological polar surface area (TPSA) is 107 Å². The predicted molar refractivity (Wildman–Crippen MR) is 107 cm³/mol. The van der Waals surface area contributed by atoms with E-state index in [4.69, 9.17) is 5.73 Å². The second-order valence-corrected chi connectivity index (χ2v) is 10.2. The van der Waals surface area contributed by atoms with Gasteiger partial charge < -0.3 is 20.8 Å². The van der Waals surface area contributed by atoms with Crippen molar-refractivity contribution in [1.82, 2.24) is 9.80 Å². The minimum atomic E-state index is -1.04. The van der Waals surface area contributed by atoms with Crippen molar-refractivity contribution in [2.75, 3.05) is 13.1 Å². The smallest absolute Gasteiger partial charge is 0.353 e. The zero-order chi connectivity index (χ0) is 20.2. The Balaban J connectivity index is 1.45. The molecule has 156 valence electrons. The Morgan fingerprint density at radius 3 is 2.54 bits per heavy atom. The van der Waals surface area contributed by atoms with E-state index in [0.717, 1.165) is 50.1 Å². The summed E-state index contributed by atoms with van der Waals surface area (Å²) < 4.78 is 0. The lowest BCUT2D eigenvalue weighted by Crippen LogP contribution is -2.63. The molecule has 1 amide bonds. The van der Waals surface area contributed by atoms with E-state index in [1.54, 1.807) is 18.7 Å². The van der Waals surface area contributed by atoms with Crippen LogP contribution in [0.4, 0.5) is 0 Å². The maximum Gasteiger partial charge on any atom is 0.353 e. The Labute approximate surface area is 170 Å². The Kier molecular flexibility index (Phi) is 5.50. The quantitative estimate of drug-likeness (QED) is 0.586. The van der Waals surface area contributed by atoms with Crippen molar-refractivity contribution >= 4 is 23.6 Å². The Bertz CT molecular complexity index is 689. The SMILES string of the molecule is C[C@@H](O)[C@H]1C(=O)N2C(C(=O)O)=C(S[C@@H]3CCN(C4CCC(N)CC4)C3)[C@H](C)[C@H]12. The predicted octanol–water partition coefficient (Wildman–Crippen LogP) is 1.22. The van der Waals surface area contributed by atoms with Crippen molar-refractivity contribution in [2.45, 2.75) is 75.4 Å². The monoisotopic (exact) mass is 409 g/mol. The van der Waals surface area contributed by atoms with Crippen LogP contribution in [-0.4, -0.2) is 74.5 Å². The lowest BCUT2D eigenvalue weighted by molar-refractivity contribution is -0.163. The molecule has 1 aliphatic carbocycles. The molecule has 0 aromatic heterocycles. The summed E-state index contributed by atoms with van der Waals surface area (Å²) in [4.78, 5) is 29.2. The zero-order valence-corrected chi connectivity index (χ0v) is 17.4. The normalized spacial score (nSPS) is 39.9. The fraction of sp³-hybridized carbons (Fsp3) is 0.800. The van der Waals surface area contributed by atoms with Crippen LogP contribution in [0.5, 0.6) is 0 Å². The molecule has 7 nitrogen and oxygen atoms in total. The van der Waals surface area contributed by atoms with Gasteiger partial charge in [-0.25, -0.2) is 4.79 Å². The van der Waals surface area contributed by atoms with Gasteiger partial charge in [-0.1, -0.05) is 6.92 Å². The van der Waals surface area contributed by atoms with Gasteiger partial charge in [0.2, 0.25) is 5.91 Å². The van der Waals surface area contributed by atoms with Crippen LogP contribution in [0.1, 0.15) is 46.0 Å². The highest BCUT2D eigenvalue weighted by Gasteiger charge is 2.60. The molecule has 2 saturated heterocycles. The van der Waals surface area contributed by atoms with Gasteiger partial charge in [0.25, 0.3) is 0 Å². The Morgan fingerprint density at radius 1 is 1.25 bits per heavy atom. The number of amides is 1. The number of fused-ring (bicyclic) bond motifs is 1. The van der Waals surface area contributed by atoms with E-state index in [-0.39, 0.29) is 23.6 Å².